The number of amides is 1. The quantitative estimate of drug-likeness (QED) is 0.391. The van der Waals surface area contributed by atoms with Crippen molar-refractivity contribution >= 4 is 27.6 Å². The first kappa shape index (κ1) is 14.8. The Kier molecular flexibility index (Phi) is 4.10. The summed E-state index contributed by atoms with van der Waals surface area (Å²) in [7, 11) is -4.43. The van der Waals surface area contributed by atoms with Gasteiger partial charge in [-0.15, -0.1) is 0 Å². The maximum Gasteiger partial charge on any atom is 0.357 e. The Balaban J connectivity index is 2.23. The van der Waals surface area contributed by atoms with Crippen molar-refractivity contribution in [2.45, 2.75) is 0 Å². The summed E-state index contributed by atoms with van der Waals surface area (Å²) in [5, 5.41) is 12.1. The third-order valence-corrected chi connectivity index (χ3v) is 3.02. The summed E-state index contributed by atoms with van der Waals surface area (Å²) < 4.78 is 32.0. The number of carbonyl (C=O) groups is 1. The molecule has 0 radical (unpaired) electrons. The van der Waals surface area contributed by atoms with Crippen LogP contribution >= 0.6 is 0 Å². The van der Waals surface area contributed by atoms with Crippen LogP contribution in [0.25, 0.3) is 0 Å². The summed E-state index contributed by atoms with van der Waals surface area (Å²) in [6.45, 7) is 0. The molecule has 0 aromatic heterocycles. The smallest absolute Gasteiger partial charge is 0.357 e. The van der Waals surface area contributed by atoms with Gasteiger partial charge in [-0.3, -0.25) is 14.1 Å². The van der Waals surface area contributed by atoms with Crippen LogP contribution in [0.15, 0.2) is 48.5 Å². The Bertz CT molecular complexity index is 759. The van der Waals surface area contributed by atoms with E-state index in [9.17, 15) is 18.3 Å². The molecule has 0 heterocycles. The van der Waals surface area contributed by atoms with E-state index in [-0.39, 0.29) is 17.1 Å². The van der Waals surface area contributed by atoms with Gasteiger partial charge in [0, 0.05) is 5.56 Å². The third kappa shape index (κ3) is 4.20. The second-order valence-electron chi connectivity index (χ2n) is 4.13. The van der Waals surface area contributed by atoms with Crippen LogP contribution in [0.4, 0.5) is 11.4 Å². The average Bonchev–Trinajstić information content (AvgIpc) is 2.42. The van der Waals surface area contributed by atoms with Crippen LogP contribution in [-0.4, -0.2) is 24.0 Å². The number of carbonyl (C=O) groups excluding carboxylic acids is 1. The van der Waals surface area contributed by atoms with E-state index in [0.29, 0.717) is 5.56 Å². The second-order valence-corrected chi connectivity index (χ2v) is 5.28. The monoisotopic (exact) mass is 308 g/mol. The number of aromatic hydroxyl groups is 1. The molecule has 0 atom stereocenters. The minimum Gasteiger partial charge on any atom is -0.506 e. The molecule has 0 unspecified atom stereocenters. The molecule has 21 heavy (non-hydrogen) atoms. The highest BCUT2D eigenvalue weighted by molar-refractivity contribution is 7.87. The number of hydrogen-bond acceptors (Lipinski definition) is 4. The van der Waals surface area contributed by atoms with E-state index in [2.05, 4.69) is 5.32 Å². The zero-order valence-corrected chi connectivity index (χ0v) is 11.5. The number of benzene rings is 2. The van der Waals surface area contributed by atoms with E-state index in [0.717, 1.165) is 0 Å². The fraction of sp³-hybridized carbons (Fsp3) is 0. The second kappa shape index (κ2) is 5.81. The van der Waals surface area contributed by atoms with Crippen molar-refractivity contribution in [3.8, 4) is 5.75 Å². The first-order valence-electron chi connectivity index (χ1n) is 5.80. The zero-order valence-electron chi connectivity index (χ0n) is 10.6. The van der Waals surface area contributed by atoms with Gasteiger partial charge in [0.1, 0.15) is 5.75 Å². The summed E-state index contributed by atoms with van der Waals surface area (Å²) in [5.41, 5.74) is 0.390. The van der Waals surface area contributed by atoms with Crippen molar-refractivity contribution in [3.05, 3.63) is 54.1 Å². The molecule has 4 N–H and O–H groups in total. The molecule has 0 aliphatic carbocycles. The fourth-order valence-corrected chi connectivity index (χ4v) is 2.06. The van der Waals surface area contributed by atoms with Crippen LogP contribution in [0.5, 0.6) is 5.75 Å². The van der Waals surface area contributed by atoms with Crippen molar-refractivity contribution in [3.63, 3.8) is 0 Å². The summed E-state index contributed by atoms with van der Waals surface area (Å²) in [4.78, 5) is 12.0. The lowest BCUT2D eigenvalue weighted by Crippen LogP contribution is -2.13. The van der Waals surface area contributed by atoms with E-state index in [1.807, 2.05) is 4.72 Å². The predicted octanol–water partition coefficient (Wildman–Crippen LogP) is 1.86. The summed E-state index contributed by atoms with van der Waals surface area (Å²) in [5.74, 6) is -0.699. The van der Waals surface area contributed by atoms with Crippen LogP contribution < -0.4 is 10.0 Å². The fourth-order valence-electron chi connectivity index (χ4n) is 1.63. The molecule has 2 rings (SSSR count). The molecule has 0 saturated heterocycles. The number of phenolic OH excluding ortho intramolecular Hbond substituents is 1. The van der Waals surface area contributed by atoms with Crippen LogP contribution in [0.2, 0.25) is 0 Å². The summed E-state index contributed by atoms with van der Waals surface area (Å²) in [6, 6.07) is 11.9. The van der Waals surface area contributed by atoms with Gasteiger partial charge < -0.3 is 10.4 Å². The SMILES string of the molecule is O=C(Nc1cc(NS(=O)(=O)O)ccc1O)c1ccccc1. The molecule has 7 nitrogen and oxygen atoms in total. The summed E-state index contributed by atoms with van der Waals surface area (Å²) in [6.07, 6.45) is 0. The molecular formula is C13H12N2O5S. The Morgan fingerprint density at radius 2 is 1.71 bits per heavy atom. The average molecular weight is 308 g/mol. The molecule has 0 spiro atoms. The number of anilines is 2. The van der Waals surface area contributed by atoms with Crippen LogP contribution in [0.3, 0.4) is 0 Å². The number of nitrogens with one attached hydrogen (secondary N) is 2. The normalized spacial score (nSPS) is 10.9. The minimum atomic E-state index is -4.43. The topological polar surface area (TPSA) is 116 Å². The highest BCUT2D eigenvalue weighted by atomic mass is 32.2. The third-order valence-electron chi connectivity index (χ3n) is 2.53. The zero-order chi connectivity index (χ0) is 15.5. The molecule has 0 bridgehead atoms. The number of phenols is 1. The molecule has 2 aromatic carbocycles. The lowest BCUT2D eigenvalue weighted by Gasteiger charge is -2.10. The van der Waals surface area contributed by atoms with E-state index in [4.69, 9.17) is 4.55 Å². The number of rotatable bonds is 4. The molecular weight excluding hydrogens is 296 g/mol. The van der Waals surface area contributed by atoms with Gasteiger partial charge in [0.15, 0.2) is 0 Å². The van der Waals surface area contributed by atoms with E-state index in [1.165, 1.54) is 18.2 Å². The molecule has 0 aliphatic rings. The van der Waals surface area contributed by atoms with Crippen molar-refractivity contribution in [2.24, 2.45) is 0 Å². The number of hydrogen-bond donors (Lipinski definition) is 4. The van der Waals surface area contributed by atoms with Crippen molar-refractivity contribution in [1.29, 1.82) is 0 Å². The molecule has 0 saturated carbocycles. The Morgan fingerprint density at radius 1 is 1.05 bits per heavy atom. The van der Waals surface area contributed by atoms with Crippen molar-refractivity contribution in [2.75, 3.05) is 10.0 Å². The van der Waals surface area contributed by atoms with E-state index in [1.54, 1.807) is 30.3 Å². The maximum absolute atomic E-state index is 12.0. The molecule has 110 valence electrons. The lowest BCUT2D eigenvalue weighted by atomic mass is 10.2. The first-order chi connectivity index (χ1) is 9.85. The lowest BCUT2D eigenvalue weighted by molar-refractivity contribution is 0.102. The highest BCUT2D eigenvalue weighted by Gasteiger charge is 2.11. The molecule has 2 aromatic rings. The van der Waals surface area contributed by atoms with Gasteiger partial charge in [0.05, 0.1) is 11.4 Å². The molecule has 0 aliphatic heterocycles. The molecule has 8 heteroatoms. The van der Waals surface area contributed by atoms with Crippen LogP contribution in [-0.2, 0) is 10.3 Å². The Morgan fingerprint density at radius 3 is 2.33 bits per heavy atom. The Labute approximate surface area is 121 Å². The molecule has 0 fully saturated rings. The Hall–Kier alpha value is -2.58. The minimum absolute atomic E-state index is 0.00124. The largest absolute Gasteiger partial charge is 0.506 e. The van der Waals surface area contributed by atoms with Gasteiger partial charge in [-0.05, 0) is 30.3 Å². The van der Waals surface area contributed by atoms with Crippen molar-refractivity contribution < 1.29 is 22.9 Å². The van der Waals surface area contributed by atoms with Crippen LogP contribution in [0.1, 0.15) is 10.4 Å². The molecule has 1 amide bonds. The maximum atomic E-state index is 12.0. The van der Waals surface area contributed by atoms with Gasteiger partial charge in [-0.2, -0.15) is 8.42 Å². The first-order valence-corrected chi connectivity index (χ1v) is 7.24. The summed E-state index contributed by atoms with van der Waals surface area (Å²) >= 11 is 0. The van der Waals surface area contributed by atoms with Gasteiger partial charge >= 0.3 is 10.3 Å². The van der Waals surface area contributed by atoms with Gasteiger partial charge in [0.2, 0.25) is 0 Å². The van der Waals surface area contributed by atoms with E-state index >= 15 is 0 Å². The van der Waals surface area contributed by atoms with Gasteiger partial charge in [0.25, 0.3) is 5.91 Å². The highest BCUT2D eigenvalue weighted by Crippen LogP contribution is 2.27. The van der Waals surface area contributed by atoms with E-state index < -0.39 is 16.2 Å². The van der Waals surface area contributed by atoms with Crippen molar-refractivity contribution in [1.82, 2.24) is 0 Å². The van der Waals surface area contributed by atoms with Gasteiger partial charge in [-0.1, -0.05) is 18.2 Å². The van der Waals surface area contributed by atoms with Crippen LogP contribution in [0, 0.1) is 0 Å². The standard InChI is InChI=1S/C13H12N2O5S/c16-12-7-6-10(15-21(18,19)20)8-11(12)14-13(17)9-4-2-1-3-5-9/h1-8,15-16H,(H,14,17)(H,18,19,20). The predicted molar refractivity (Wildman–Crippen MR) is 77.7 cm³/mol. The van der Waals surface area contributed by atoms with Gasteiger partial charge in [-0.25, -0.2) is 0 Å².